The van der Waals surface area contributed by atoms with Gasteiger partial charge >= 0.3 is 0 Å². The van der Waals surface area contributed by atoms with E-state index in [1.165, 1.54) is 22.8 Å². The first-order valence-corrected chi connectivity index (χ1v) is 11.1. The van der Waals surface area contributed by atoms with Crippen LogP contribution < -0.4 is 14.8 Å². The minimum atomic E-state index is -3.74. The molecule has 1 aliphatic heterocycles. The first-order chi connectivity index (χ1) is 14.3. The van der Waals surface area contributed by atoms with Gasteiger partial charge in [0.2, 0.25) is 5.91 Å². The second-order valence-electron chi connectivity index (χ2n) is 7.07. The molecule has 1 saturated heterocycles. The molecule has 2 aromatic carbocycles. The number of methoxy groups -OCH3 is 2. The molecular formula is C21H27N3O5S. The molecule has 0 radical (unpaired) electrons. The number of carbonyl (C=O) groups is 1. The van der Waals surface area contributed by atoms with E-state index < -0.39 is 16.1 Å². The molecule has 9 heteroatoms. The summed E-state index contributed by atoms with van der Waals surface area (Å²) in [6, 6.07) is 12.7. The molecule has 0 spiro atoms. The number of carbonyl (C=O) groups excluding carboxylic acids is 1. The minimum absolute atomic E-state index is 0.262. The maximum Gasteiger partial charge on any atom is 0.282 e. The molecular weight excluding hydrogens is 406 g/mol. The number of ether oxygens (including phenoxy) is 2. The summed E-state index contributed by atoms with van der Waals surface area (Å²) in [5.74, 6) is 0.598. The Bertz CT molecular complexity index is 1010. The number of benzene rings is 2. The smallest absolute Gasteiger partial charge is 0.282 e. The number of nitrogens with zero attached hydrogens (tertiary/aromatic N) is 2. The van der Waals surface area contributed by atoms with E-state index in [9.17, 15) is 13.2 Å². The second-order valence-corrected chi connectivity index (χ2v) is 9.00. The third kappa shape index (κ3) is 4.92. The van der Waals surface area contributed by atoms with Gasteiger partial charge < -0.3 is 14.8 Å². The van der Waals surface area contributed by atoms with Crippen molar-refractivity contribution in [3.05, 3.63) is 53.6 Å². The lowest BCUT2D eigenvalue weighted by Gasteiger charge is -2.34. The molecule has 3 rings (SSSR count). The number of amides is 1. The van der Waals surface area contributed by atoms with E-state index in [0.29, 0.717) is 43.2 Å². The van der Waals surface area contributed by atoms with Crippen LogP contribution in [0.4, 0.5) is 5.69 Å². The Morgan fingerprint density at radius 2 is 1.80 bits per heavy atom. The highest BCUT2D eigenvalue weighted by Crippen LogP contribution is 2.29. The van der Waals surface area contributed by atoms with Crippen molar-refractivity contribution in [1.29, 1.82) is 0 Å². The fourth-order valence-electron chi connectivity index (χ4n) is 3.37. The summed E-state index contributed by atoms with van der Waals surface area (Å²) in [5, 5.41) is 2.73. The Balaban J connectivity index is 1.70. The Labute approximate surface area is 177 Å². The molecule has 1 amide bonds. The molecule has 0 aromatic heterocycles. The standard InChI is InChI=1S/C21H27N3O5S/c1-16-7-4-5-8-17(16)14-23-11-6-12-24(30(23,26)27)15-21(25)22-19-10-9-18(28-2)13-20(19)29-3/h4-5,7-10,13H,6,11-12,14-15H2,1-3H3,(H,22,25). The quantitative estimate of drug-likeness (QED) is 0.724. The van der Waals surface area contributed by atoms with Crippen LogP contribution in [0.25, 0.3) is 0 Å². The third-order valence-corrected chi connectivity index (χ3v) is 7.01. The molecule has 1 heterocycles. The van der Waals surface area contributed by atoms with Crippen molar-refractivity contribution in [3.8, 4) is 11.5 Å². The molecule has 1 N–H and O–H groups in total. The number of hydrogen-bond acceptors (Lipinski definition) is 5. The fourth-order valence-corrected chi connectivity index (χ4v) is 5.00. The van der Waals surface area contributed by atoms with Gasteiger partial charge in [-0.25, -0.2) is 0 Å². The van der Waals surface area contributed by atoms with Gasteiger partial charge in [-0.3, -0.25) is 4.79 Å². The van der Waals surface area contributed by atoms with Crippen LogP contribution >= 0.6 is 0 Å². The van der Waals surface area contributed by atoms with Crippen molar-refractivity contribution in [3.63, 3.8) is 0 Å². The van der Waals surface area contributed by atoms with Crippen molar-refractivity contribution in [2.75, 3.05) is 39.2 Å². The zero-order chi connectivity index (χ0) is 21.7. The van der Waals surface area contributed by atoms with Gasteiger partial charge in [0, 0.05) is 25.7 Å². The monoisotopic (exact) mass is 433 g/mol. The SMILES string of the molecule is COc1ccc(NC(=O)CN2CCCN(Cc3ccccc3C)S2(=O)=O)c(OC)c1. The Morgan fingerprint density at radius 3 is 2.50 bits per heavy atom. The van der Waals surface area contributed by atoms with Gasteiger partial charge in [0.15, 0.2) is 0 Å². The van der Waals surface area contributed by atoms with Crippen LogP contribution in [0.2, 0.25) is 0 Å². The topological polar surface area (TPSA) is 88.2 Å². The van der Waals surface area contributed by atoms with E-state index in [0.717, 1.165) is 11.1 Å². The number of anilines is 1. The van der Waals surface area contributed by atoms with Crippen molar-refractivity contribution in [2.24, 2.45) is 0 Å². The number of nitrogens with one attached hydrogen (secondary N) is 1. The van der Waals surface area contributed by atoms with E-state index in [2.05, 4.69) is 5.32 Å². The van der Waals surface area contributed by atoms with Gasteiger partial charge in [-0.05, 0) is 36.6 Å². The lowest BCUT2D eigenvalue weighted by Crippen LogP contribution is -2.51. The Morgan fingerprint density at radius 1 is 1.07 bits per heavy atom. The van der Waals surface area contributed by atoms with Crippen LogP contribution in [-0.4, -0.2) is 56.8 Å². The molecule has 0 saturated carbocycles. The van der Waals surface area contributed by atoms with E-state index in [1.807, 2.05) is 31.2 Å². The van der Waals surface area contributed by atoms with E-state index >= 15 is 0 Å². The highest BCUT2D eigenvalue weighted by molar-refractivity contribution is 7.86. The molecule has 0 atom stereocenters. The molecule has 1 aliphatic rings. The van der Waals surface area contributed by atoms with Crippen LogP contribution in [-0.2, 0) is 21.5 Å². The maximum atomic E-state index is 13.1. The summed E-state index contributed by atoms with van der Waals surface area (Å²) < 4.78 is 39.2. The summed E-state index contributed by atoms with van der Waals surface area (Å²) in [6.45, 7) is 2.72. The largest absolute Gasteiger partial charge is 0.497 e. The molecule has 0 unspecified atom stereocenters. The Hall–Kier alpha value is -2.62. The summed E-state index contributed by atoms with van der Waals surface area (Å²) in [4.78, 5) is 12.6. The average Bonchev–Trinajstić information content (AvgIpc) is 2.73. The van der Waals surface area contributed by atoms with Crippen molar-refractivity contribution < 1.29 is 22.7 Å². The highest BCUT2D eigenvalue weighted by Gasteiger charge is 2.35. The van der Waals surface area contributed by atoms with Crippen LogP contribution in [0.3, 0.4) is 0 Å². The summed E-state index contributed by atoms with van der Waals surface area (Å²) in [5.41, 5.74) is 2.44. The van der Waals surface area contributed by atoms with Crippen molar-refractivity contribution in [2.45, 2.75) is 19.9 Å². The van der Waals surface area contributed by atoms with E-state index in [4.69, 9.17) is 9.47 Å². The molecule has 2 aromatic rings. The van der Waals surface area contributed by atoms with Crippen LogP contribution in [0.15, 0.2) is 42.5 Å². The highest BCUT2D eigenvalue weighted by atomic mass is 32.2. The van der Waals surface area contributed by atoms with Gasteiger partial charge in [-0.2, -0.15) is 17.0 Å². The molecule has 1 fully saturated rings. The van der Waals surface area contributed by atoms with Gasteiger partial charge in [-0.1, -0.05) is 24.3 Å². The second kappa shape index (κ2) is 9.46. The van der Waals surface area contributed by atoms with Gasteiger partial charge in [0.1, 0.15) is 11.5 Å². The molecule has 162 valence electrons. The first-order valence-electron chi connectivity index (χ1n) is 9.66. The summed E-state index contributed by atoms with van der Waals surface area (Å²) in [6.07, 6.45) is 0.657. The normalized spacial score (nSPS) is 16.8. The maximum absolute atomic E-state index is 13.1. The predicted molar refractivity (Wildman–Crippen MR) is 115 cm³/mol. The average molecular weight is 434 g/mol. The third-order valence-electron chi connectivity index (χ3n) is 5.08. The zero-order valence-electron chi connectivity index (χ0n) is 17.4. The first kappa shape index (κ1) is 22.1. The predicted octanol–water partition coefficient (Wildman–Crippen LogP) is 2.40. The van der Waals surface area contributed by atoms with Crippen molar-refractivity contribution >= 4 is 21.8 Å². The molecule has 30 heavy (non-hydrogen) atoms. The summed E-state index contributed by atoms with van der Waals surface area (Å²) >= 11 is 0. The van der Waals surface area contributed by atoms with Crippen LogP contribution in [0.5, 0.6) is 11.5 Å². The zero-order valence-corrected chi connectivity index (χ0v) is 18.2. The molecule has 8 nitrogen and oxygen atoms in total. The molecule has 0 aliphatic carbocycles. The summed E-state index contributed by atoms with van der Waals surface area (Å²) in [7, 11) is -0.711. The number of aryl methyl sites for hydroxylation is 1. The number of hydrogen-bond donors (Lipinski definition) is 1. The van der Waals surface area contributed by atoms with Crippen LogP contribution in [0.1, 0.15) is 17.5 Å². The van der Waals surface area contributed by atoms with Gasteiger partial charge in [0.25, 0.3) is 10.2 Å². The Kier molecular flexibility index (Phi) is 6.96. The van der Waals surface area contributed by atoms with E-state index in [-0.39, 0.29) is 6.54 Å². The van der Waals surface area contributed by atoms with Crippen molar-refractivity contribution in [1.82, 2.24) is 8.61 Å². The van der Waals surface area contributed by atoms with Gasteiger partial charge in [0.05, 0.1) is 26.5 Å². The lowest BCUT2D eigenvalue weighted by molar-refractivity contribution is -0.116. The van der Waals surface area contributed by atoms with Gasteiger partial charge in [-0.15, -0.1) is 0 Å². The fraction of sp³-hybridized carbons (Fsp3) is 0.381. The minimum Gasteiger partial charge on any atom is -0.497 e. The van der Waals surface area contributed by atoms with Crippen LogP contribution in [0, 0.1) is 6.92 Å². The van der Waals surface area contributed by atoms with E-state index in [1.54, 1.807) is 18.2 Å². The molecule has 0 bridgehead atoms. The number of rotatable bonds is 7. The lowest BCUT2D eigenvalue weighted by atomic mass is 10.1.